The van der Waals surface area contributed by atoms with Gasteiger partial charge in [-0.3, -0.25) is 0 Å². The highest BCUT2D eigenvalue weighted by atomic mass is 17.2. The van der Waals surface area contributed by atoms with E-state index in [1.54, 1.807) is 0 Å². The lowest BCUT2D eigenvalue weighted by Gasteiger charge is -1.97. The summed E-state index contributed by atoms with van der Waals surface area (Å²) in [5.41, 5.74) is 0.925. The van der Waals surface area contributed by atoms with E-state index < -0.39 is 0 Å². The standard InChI is InChI=1S/C12H12O2/c1-3-13-14-11(2)9-10-12-7-5-4-6-8-12/h4-8H,2-3H2,1H3. The highest BCUT2D eigenvalue weighted by Crippen LogP contribution is 1.97. The average molecular weight is 188 g/mol. The summed E-state index contributed by atoms with van der Waals surface area (Å²) in [7, 11) is 0. The molecule has 14 heavy (non-hydrogen) atoms. The first-order chi connectivity index (χ1) is 6.83. The largest absolute Gasteiger partial charge is 0.329 e. The summed E-state index contributed by atoms with van der Waals surface area (Å²) in [5.74, 6) is 5.96. The maximum atomic E-state index is 4.74. The highest BCUT2D eigenvalue weighted by Gasteiger charge is 1.88. The molecule has 0 aliphatic rings. The van der Waals surface area contributed by atoms with Gasteiger partial charge in [0, 0.05) is 5.56 Å². The van der Waals surface area contributed by atoms with Crippen LogP contribution in [0.25, 0.3) is 0 Å². The Morgan fingerprint density at radius 1 is 1.36 bits per heavy atom. The lowest BCUT2D eigenvalue weighted by Crippen LogP contribution is -1.90. The second-order valence-electron chi connectivity index (χ2n) is 2.53. The topological polar surface area (TPSA) is 18.5 Å². The van der Waals surface area contributed by atoms with Gasteiger partial charge in [0.15, 0.2) is 0 Å². The van der Waals surface area contributed by atoms with Crippen molar-refractivity contribution in [1.29, 1.82) is 0 Å². The van der Waals surface area contributed by atoms with Crippen molar-refractivity contribution in [1.82, 2.24) is 0 Å². The van der Waals surface area contributed by atoms with Gasteiger partial charge in [-0.1, -0.05) is 24.1 Å². The molecule has 0 radical (unpaired) electrons. The van der Waals surface area contributed by atoms with Crippen molar-refractivity contribution in [2.75, 3.05) is 6.61 Å². The molecule has 1 aromatic carbocycles. The number of rotatable bonds is 3. The Balaban J connectivity index is 2.51. The Hall–Kier alpha value is -1.72. The molecule has 0 fully saturated rings. The second kappa shape index (κ2) is 5.85. The fourth-order valence-electron chi connectivity index (χ4n) is 0.814. The molecule has 2 nitrogen and oxygen atoms in total. The number of benzene rings is 1. The molecule has 0 N–H and O–H groups in total. The Labute approximate surface area is 84.1 Å². The zero-order chi connectivity index (χ0) is 10.2. The van der Waals surface area contributed by atoms with Gasteiger partial charge in [-0.25, -0.2) is 0 Å². The summed E-state index contributed by atoms with van der Waals surface area (Å²) in [5, 5.41) is 0. The Morgan fingerprint density at radius 2 is 2.07 bits per heavy atom. The zero-order valence-electron chi connectivity index (χ0n) is 8.12. The fraction of sp³-hybridized carbons (Fsp3) is 0.167. The van der Waals surface area contributed by atoms with Crippen LogP contribution in [0.3, 0.4) is 0 Å². The average Bonchev–Trinajstić information content (AvgIpc) is 2.25. The van der Waals surface area contributed by atoms with Crippen LogP contribution >= 0.6 is 0 Å². The molecule has 0 unspecified atom stereocenters. The van der Waals surface area contributed by atoms with E-state index in [4.69, 9.17) is 4.89 Å². The van der Waals surface area contributed by atoms with Crippen LogP contribution < -0.4 is 0 Å². The van der Waals surface area contributed by atoms with Crippen LogP contribution in [0.4, 0.5) is 0 Å². The van der Waals surface area contributed by atoms with Crippen molar-refractivity contribution in [3.05, 3.63) is 48.2 Å². The first-order valence-electron chi connectivity index (χ1n) is 4.38. The molecule has 0 spiro atoms. The van der Waals surface area contributed by atoms with Crippen molar-refractivity contribution in [2.24, 2.45) is 0 Å². The predicted molar refractivity (Wildman–Crippen MR) is 55.2 cm³/mol. The fourth-order valence-corrected chi connectivity index (χ4v) is 0.814. The third-order valence-corrected chi connectivity index (χ3v) is 1.40. The van der Waals surface area contributed by atoms with E-state index in [9.17, 15) is 0 Å². The van der Waals surface area contributed by atoms with Crippen LogP contribution in [0.15, 0.2) is 42.7 Å². The Bertz CT molecular complexity index is 344. The molecule has 0 atom stereocenters. The number of hydrogen-bond donors (Lipinski definition) is 0. The van der Waals surface area contributed by atoms with Crippen LogP contribution in [0, 0.1) is 11.8 Å². The van der Waals surface area contributed by atoms with Crippen molar-refractivity contribution < 1.29 is 9.78 Å². The highest BCUT2D eigenvalue weighted by molar-refractivity contribution is 5.37. The van der Waals surface area contributed by atoms with Crippen LogP contribution in [-0.4, -0.2) is 6.61 Å². The van der Waals surface area contributed by atoms with Crippen LogP contribution in [0.1, 0.15) is 12.5 Å². The summed E-state index contributed by atoms with van der Waals surface area (Å²) in [6.45, 7) is 5.90. The quantitative estimate of drug-likeness (QED) is 0.314. The van der Waals surface area contributed by atoms with E-state index in [1.165, 1.54) is 0 Å². The molecular formula is C12H12O2. The Kier molecular flexibility index (Phi) is 4.33. The molecule has 0 saturated carbocycles. The van der Waals surface area contributed by atoms with Gasteiger partial charge < -0.3 is 4.89 Å². The van der Waals surface area contributed by atoms with Gasteiger partial charge in [-0.05, 0) is 31.6 Å². The van der Waals surface area contributed by atoms with Gasteiger partial charge in [0.05, 0.1) is 6.61 Å². The maximum Gasteiger partial charge on any atom is 0.208 e. The molecule has 72 valence electrons. The first kappa shape index (κ1) is 10.4. The number of hydrogen-bond acceptors (Lipinski definition) is 2. The monoisotopic (exact) mass is 188 g/mol. The SMILES string of the molecule is C=C(C#Cc1ccccc1)OOCC. The minimum atomic E-state index is 0.315. The maximum absolute atomic E-state index is 4.74. The molecule has 0 bridgehead atoms. The zero-order valence-corrected chi connectivity index (χ0v) is 8.12. The van der Waals surface area contributed by atoms with Gasteiger partial charge in [0.2, 0.25) is 5.76 Å². The summed E-state index contributed by atoms with van der Waals surface area (Å²) >= 11 is 0. The summed E-state index contributed by atoms with van der Waals surface area (Å²) in [4.78, 5) is 9.43. The van der Waals surface area contributed by atoms with Gasteiger partial charge in [0.25, 0.3) is 0 Å². The summed E-state index contributed by atoms with van der Waals surface area (Å²) in [6, 6.07) is 9.63. The van der Waals surface area contributed by atoms with E-state index >= 15 is 0 Å². The molecule has 0 aliphatic carbocycles. The minimum absolute atomic E-state index is 0.315. The van der Waals surface area contributed by atoms with Gasteiger partial charge in [0.1, 0.15) is 0 Å². The molecule has 1 rings (SSSR count). The molecule has 0 amide bonds. The van der Waals surface area contributed by atoms with Crippen molar-refractivity contribution in [3.63, 3.8) is 0 Å². The normalized spacial score (nSPS) is 8.64. The van der Waals surface area contributed by atoms with Gasteiger partial charge >= 0.3 is 0 Å². The smallest absolute Gasteiger partial charge is 0.208 e. The third kappa shape index (κ3) is 3.79. The van der Waals surface area contributed by atoms with E-state index in [2.05, 4.69) is 23.3 Å². The lowest BCUT2D eigenvalue weighted by molar-refractivity contribution is -0.252. The molecule has 1 aromatic rings. The first-order valence-corrected chi connectivity index (χ1v) is 4.38. The van der Waals surface area contributed by atoms with Crippen LogP contribution in [0.5, 0.6) is 0 Å². The molecular weight excluding hydrogens is 176 g/mol. The van der Waals surface area contributed by atoms with Crippen molar-refractivity contribution in [2.45, 2.75) is 6.92 Å². The number of allylic oxidation sites excluding steroid dienone is 1. The Morgan fingerprint density at radius 3 is 2.71 bits per heavy atom. The lowest BCUT2D eigenvalue weighted by atomic mass is 10.2. The van der Waals surface area contributed by atoms with Crippen molar-refractivity contribution in [3.8, 4) is 11.8 Å². The second-order valence-corrected chi connectivity index (χ2v) is 2.53. The predicted octanol–water partition coefficient (Wildman–Crippen LogP) is 2.52. The van der Waals surface area contributed by atoms with Crippen LogP contribution in [-0.2, 0) is 9.78 Å². The summed E-state index contributed by atoms with van der Waals surface area (Å²) < 4.78 is 0. The molecule has 0 saturated heterocycles. The van der Waals surface area contributed by atoms with Crippen molar-refractivity contribution >= 4 is 0 Å². The minimum Gasteiger partial charge on any atom is -0.329 e. The third-order valence-electron chi connectivity index (χ3n) is 1.40. The van der Waals surface area contributed by atoms with E-state index in [1.807, 2.05) is 37.3 Å². The van der Waals surface area contributed by atoms with E-state index in [0.29, 0.717) is 12.4 Å². The molecule has 0 aliphatic heterocycles. The van der Waals surface area contributed by atoms with Crippen LogP contribution in [0.2, 0.25) is 0 Å². The molecule has 2 heteroatoms. The van der Waals surface area contributed by atoms with E-state index in [-0.39, 0.29) is 0 Å². The molecule has 0 heterocycles. The van der Waals surface area contributed by atoms with E-state index in [0.717, 1.165) is 5.56 Å². The van der Waals surface area contributed by atoms with Gasteiger partial charge in [-0.15, -0.1) is 0 Å². The molecule has 0 aromatic heterocycles. The summed E-state index contributed by atoms with van der Waals surface area (Å²) in [6.07, 6.45) is 0. The van der Waals surface area contributed by atoms with Gasteiger partial charge in [-0.2, -0.15) is 4.89 Å².